The van der Waals surface area contributed by atoms with E-state index in [1.54, 1.807) is 32.5 Å². The van der Waals surface area contributed by atoms with E-state index in [0.717, 1.165) is 33.3 Å². The first-order chi connectivity index (χ1) is 17.7. The Morgan fingerprint density at radius 3 is 2.38 bits per heavy atom. The molecule has 1 atom stereocenters. The molecule has 1 N–H and O–H groups in total. The van der Waals surface area contributed by atoms with Crippen LogP contribution in [0.4, 0.5) is 5.69 Å². The van der Waals surface area contributed by atoms with Crippen molar-refractivity contribution < 1.29 is 14.3 Å². The van der Waals surface area contributed by atoms with Gasteiger partial charge in [0, 0.05) is 37.7 Å². The number of amides is 2. The Labute approximate surface area is 218 Å². The fraction of sp³-hybridized carbons (Fsp3) is 0.300. The van der Waals surface area contributed by atoms with Crippen LogP contribution in [-0.2, 0) is 29.5 Å². The molecule has 0 spiro atoms. The van der Waals surface area contributed by atoms with E-state index in [4.69, 9.17) is 4.74 Å². The van der Waals surface area contributed by atoms with E-state index in [9.17, 15) is 9.59 Å². The lowest BCUT2D eigenvalue weighted by atomic mass is 10.00. The number of pyridine rings is 1. The molecule has 2 aromatic carbocycles. The number of rotatable bonds is 8. The molecule has 0 saturated carbocycles. The molecule has 0 radical (unpaired) electrons. The molecule has 7 heteroatoms. The summed E-state index contributed by atoms with van der Waals surface area (Å²) in [5.74, 6) is 0.0626. The molecule has 7 nitrogen and oxygen atoms in total. The molecule has 0 aliphatic carbocycles. The van der Waals surface area contributed by atoms with Crippen LogP contribution in [-0.4, -0.2) is 41.6 Å². The molecular formula is C30H34N4O3. The molecule has 2 amide bonds. The van der Waals surface area contributed by atoms with E-state index in [0.29, 0.717) is 18.0 Å². The molecular weight excluding hydrogens is 464 g/mol. The van der Waals surface area contributed by atoms with E-state index in [2.05, 4.69) is 40.8 Å². The van der Waals surface area contributed by atoms with Gasteiger partial charge in [-0.15, -0.1) is 0 Å². The van der Waals surface area contributed by atoms with Crippen molar-refractivity contribution in [2.24, 2.45) is 7.05 Å². The van der Waals surface area contributed by atoms with Crippen LogP contribution in [0.25, 0.3) is 10.9 Å². The SMILES string of the molecule is COc1ccc(N(C)C(=O)[C@H](Cc2ccccc2)NC(=O)Cc2c(C)n(C)c3c(C)ccc(C)c23)cn1. The number of hydrogen-bond donors (Lipinski definition) is 1. The van der Waals surface area contributed by atoms with E-state index in [1.807, 2.05) is 44.3 Å². The van der Waals surface area contributed by atoms with Gasteiger partial charge in [-0.05, 0) is 49.1 Å². The van der Waals surface area contributed by atoms with Crippen LogP contribution in [0.3, 0.4) is 0 Å². The largest absolute Gasteiger partial charge is 0.481 e. The molecule has 4 rings (SSSR count). The van der Waals surface area contributed by atoms with Crippen LogP contribution in [0.15, 0.2) is 60.8 Å². The number of anilines is 1. The van der Waals surface area contributed by atoms with Crippen molar-refractivity contribution in [3.8, 4) is 5.88 Å². The smallest absolute Gasteiger partial charge is 0.249 e. The Kier molecular flexibility index (Phi) is 7.62. The second-order valence-corrected chi connectivity index (χ2v) is 9.49. The highest BCUT2D eigenvalue weighted by Crippen LogP contribution is 2.31. The first-order valence-electron chi connectivity index (χ1n) is 12.4. The Balaban J connectivity index is 1.61. The fourth-order valence-corrected chi connectivity index (χ4v) is 4.89. The molecule has 192 valence electrons. The maximum atomic E-state index is 13.6. The summed E-state index contributed by atoms with van der Waals surface area (Å²) in [5.41, 5.74) is 7.08. The number of nitrogens with zero attached hydrogens (tertiary/aromatic N) is 3. The quantitative estimate of drug-likeness (QED) is 0.390. The normalized spacial score (nSPS) is 11.8. The zero-order valence-corrected chi connectivity index (χ0v) is 22.3. The Hall–Kier alpha value is -4.13. The van der Waals surface area contributed by atoms with Crippen LogP contribution < -0.4 is 15.0 Å². The number of nitrogens with one attached hydrogen (secondary N) is 1. The van der Waals surface area contributed by atoms with Crippen molar-refractivity contribution in [2.45, 2.75) is 39.7 Å². The van der Waals surface area contributed by atoms with Gasteiger partial charge in [0.1, 0.15) is 6.04 Å². The van der Waals surface area contributed by atoms with Crippen LogP contribution in [0, 0.1) is 20.8 Å². The minimum absolute atomic E-state index is 0.188. The summed E-state index contributed by atoms with van der Waals surface area (Å²) < 4.78 is 7.28. The van der Waals surface area contributed by atoms with Crippen molar-refractivity contribution in [1.29, 1.82) is 0 Å². The first-order valence-corrected chi connectivity index (χ1v) is 12.4. The van der Waals surface area contributed by atoms with Crippen molar-refractivity contribution in [2.75, 3.05) is 19.1 Å². The third-order valence-corrected chi connectivity index (χ3v) is 7.07. The number of fused-ring (bicyclic) bond motifs is 1. The average Bonchev–Trinajstić information content (AvgIpc) is 3.16. The highest BCUT2D eigenvalue weighted by molar-refractivity contribution is 6.00. The number of carbonyl (C=O) groups excluding carboxylic acids is 2. The van der Waals surface area contributed by atoms with Gasteiger partial charge < -0.3 is 19.5 Å². The van der Waals surface area contributed by atoms with Crippen molar-refractivity contribution in [3.05, 3.63) is 88.7 Å². The molecule has 37 heavy (non-hydrogen) atoms. The predicted molar refractivity (Wildman–Crippen MR) is 147 cm³/mol. The van der Waals surface area contributed by atoms with Crippen LogP contribution >= 0.6 is 0 Å². The van der Waals surface area contributed by atoms with Crippen LogP contribution in [0.1, 0.15) is 27.9 Å². The van der Waals surface area contributed by atoms with Gasteiger partial charge in [0.15, 0.2) is 0 Å². The maximum Gasteiger partial charge on any atom is 0.249 e. The lowest BCUT2D eigenvalue weighted by Gasteiger charge is -2.25. The van der Waals surface area contributed by atoms with E-state index in [-0.39, 0.29) is 18.2 Å². The zero-order chi connectivity index (χ0) is 26.7. The Morgan fingerprint density at radius 1 is 1.03 bits per heavy atom. The van der Waals surface area contributed by atoms with Gasteiger partial charge in [-0.1, -0.05) is 42.5 Å². The third kappa shape index (κ3) is 5.35. The molecule has 0 aliphatic heterocycles. The summed E-state index contributed by atoms with van der Waals surface area (Å²) in [7, 11) is 5.27. The van der Waals surface area contributed by atoms with Crippen molar-refractivity contribution in [3.63, 3.8) is 0 Å². The monoisotopic (exact) mass is 498 g/mol. The molecule has 2 heterocycles. The lowest BCUT2D eigenvalue weighted by molar-refractivity contribution is -0.127. The fourth-order valence-electron chi connectivity index (χ4n) is 4.89. The highest BCUT2D eigenvalue weighted by Gasteiger charge is 2.27. The molecule has 0 bridgehead atoms. The van der Waals surface area contributed by atoms with Gasteiger partial charge >= 0.3 is 0 Å². The standard InChI is InChI=1S/C30H34N4O3/c1-19-12-13-20(2)29-28(19)24(21(3)33(29)4)17-26(35)32-25(16-22-10-8-7-9-11-22)30(36)34(5)23-14-15-27(37-6)31-18-23/h7-15,18,25H,16-17H2,1-6H3,(H,32,35)/t25-/m0/s1. The molecule has 2 aromatic heterocycles. The molecule has 0 unspecified atom stereocenters. The number of aromatic nitrogens is 2. The summed E-state index contributed by atoms with van der Waals surface area (Å²) in [6.45, 7) is 6.20. The third-order valence-electron chi connectivity index (χ3n) is 7.07. The van der Waals surface area contributed by atoms with E-state index in [1.165, 1.54) is 10.5 Å². The van der Waals surface area contributed by atoms with Crippen LogP contribution in [0.2, 0.25) is 0 Å². The number of carbonyl (C=O) groups is 2. The van der Waals surface area contributed by atoms with Crippen LogP contribution in [0.5, 0.6) is 5.88 Å². The molecule has 0 saturated heterocycles. The number of ether oxygens (including phenoxy) is 1. The minimum Gasteiger partial charge on any atom is -0.481 e. The average molecular weight is 499 g/mol. The predicted octanol–water partition coefficient (Wildman–Crippen LogP) is 4.44. The second kappa shape index (κ2) is 10.9. The zero-order valence-electron chi connectivity index (χ0n) is 22.3. The summed E-state index contributed by atoms with van der Waals surface area (Å²) >= 11 is 0. The summed E-state index contributed by atoms with van der Waals surface area (Å²) in [5, 5.41) is 4.15. The van der Waals surface area contributed by atoms with E-state index < -0.39 is 6.04 Å². The number of hydrogen-bond acceptors (Lipinski definition) is 4. The topological polar surface area (TPSA) is 76.5 Å². The van der Waals surface area contributed by atoms with Gasteiger partial charge in [-0.2, -0.15) is 0 Å². The van der Waals surface area contributed by atoms with Crippen molar-refractivity contribution in [1.82, 2.24) is 14.9 Å². The first kappa shape index (κ1) is 25.9. The van der Waals surface area contributed by atoms with Gasteiger partial charge in [-0.25, -0.2) is 4.98 Å². The Bertz CT molecular complexity index is 1430. The van der Waals surface area contributed by atoms with Gasteiger partial charge in [0.05, 0.1) is 30.9 Å². The molecule has 4 aromatic rings. The van der Waals surface area contributed by atoms with Gasteiger partial charge in [-0.3, -0.25) is 9.59 Å². The Morgan fingerprint density at radius 2 is 1.73 bits per heavy atom. The summed E-state index contributed by atoms with van der Waals surface area (Å²) in [6.07, 6.45) is 2.16. The maximum absolute atomic E-state index is 13.6. The number of benzene rings is 2. The molecule has 0 fully saturated rings. The number of aryl methyl sites for hydroxylation is 3. The van der Waals surface area contributed by atoms with Crippen molar-refractivity contribution >= 4 is 28.4 Å². The number of methoxy groups -OCH3 is 1. The lowest BCUT2D eigenvalue weighted by Crippen LogP contribution is -2.49. The summed E-state index contributed by atoms with van der Waals surface area (Å²) in [6, 6.07) is 16.7. The van der Waals surface area contributed by atoms with Gasteiger partial charge in [0.25, 0.3) is 0 Å². The second-order valence-electron chi connectivity index (χ2n) is 9.49. The number of likely N-dealkylation sites (N-methyl/N-ethyl adjacent to an activating group) is 1. The minimum atomic E-state index is -0.736. The molecule has 0 aliphatic rings. The summed E-state index contributed by atoms with van der Waals surface area (Å²) in [4.78, 5) is 32.8. The highest BCUT2D eigenvalue weighted by atomic mass is 16.5. The van der Waals surface area contributed by atoms with E-state index >= 15 is 0 Å². The van der Waals surface area contributed by atoms with Gasteiger partial charge in [0.2, 0.25) is 17.7 Å².